The van der Waals surface area contributed by atoms with Crippen molar-refractivity contribution >= 4 is 11.8 Å². The number of carbonyl (C=O) groups excluding carboxylic acids is 1. The predicted molar refractivity (Wildman–Crippen MR) is 117 cm³/mol. The van der Waals surface area contributed by atoms with Crippen LogP contribution in [-0.4, -0.2) is 41.6 Å². The van der Waals surface area contributed by atoms with E-state index in [1.54, 1.807) is 24.3 Å². The van der Waals surface area contributed by atoms with Gasteiger partial charge in [0.05, 0.1) is 0 Å². The van der Waals surface area contributed by atoms with Crippen LogP contribution in [0.15, 0.2) is 24.3 Å². The lowest BCUT2D eigenvalue weighted by atomic mass is 9.53. The van der Waals surface area contributed by atoms with Crippen LogP contribution in [0.3, 0.4) is 0 Å². The molecule has 4 bridgehead atoms. The fraction of sp³-hybridized carbons (Fsp3) is 0.708. The first-order valence-corrected chi connectivity index (χ1v) is 11.3. The molecule has 1 aromatic rings. The first-order chi connectivity index (χ1) is 14.2. The molecule has 30 heavy (non-hydrogen) atoms. The molecular weight excluding hydrogens is 380 g/mol. The van der Waals surface area contributed by atoms with Gasteiger partial charge in [-0.3, -0.25) is 5.32 Å². The largest absolute Gasteiger partial charge is 0.491 e. The third-order valence-corrected chi connectivity index (χ3v) is 6.69. The molecule has 1 aromatic carbocycles. The average molecular weight is 417 g/mol. The van der Waals surface area contributed by atoms with E-state index >= 15 is 0 Å². The van der Waals surface area contributed by atoms with Gasteiger partial charge in [0, 0.05) is 17.8 Å². The molecule has 4 fully saturated rings. The third kappa shape index (κ3) is 5.46. The van der Waals surface area contributed by atoms with Gasteiger partial charge in [-0.25, -0.2) is 4.79 Å². The number of benzene rings is 1. The van der Waals surface area contributed by atoms with E-state index < -0.39 is 17.8 Å². The minimum Gasteiger partial charge on any atom is -0.491 e. The maximum absolute atomic E-state index is 11.8. The van der Waals surface area contributed by atoms with Gasteiger partial charge in [-0.15, -0.1) is 0 Å². The van der Waals surface area contributed by atoms with Gasteiger partial charge < -0.3 is 19.9 Å². The minimum absolute atomic E-state index is 0.248. The number of carbonyl (C=O) groups is 1. The maximum Gasteiger partial charge on any atom is 0.412 e. The summed E-state index contributed by atoms with van der Waals surface area (Å²) in [6.45, 7) is 6.30. The van der Waals surface area contributed by atoms with Crippen LogP contribution >= 0.6 is 0 Å². The summed E-state index contributed by atoms with van der Waals surface area (Å²) in [6.07, 6.45) is 7.07. The summed E-state index contributed by atoms with van der Waals surface area (Å²) in [5.74, 6) is 3.35. The smallest absolute Gasteiger partial charge is 0.412 e. The SMILES string of the molecule is CC(C)(C)OC(=O)Nc1ccc(OCC(O)CNC23CC4CC(CC(C4)C2)C3)cc1. The first kappa shape index (κ1) is 21.4. The maximum atomic E-state index is 11.8. The van der Waals surface area contributed by atoms with Crippen LogP contribution in [0.1, 0.15) is 59.3 Å². The van der Waals surface area contributed by atoms with Gasteiger partial charge >= 0.3 is 6.09 Å². The van der Waals surface area contributed by atoms with Crippen LogP contribution in [0.2, 0.25) is 0 Å². The van der Waals surface area contributed by atoms with Gasteiger partial charge in [-0.2, -0.15) is 0 Å². The number of nitrogens with one attached hydrogen (secondary N) is 2. The molecule has 0 aliphatic heterocycles. The number of aliphatic hydroxyl groups is 1. The number of hydrogen-bond acceptors (Lipinski definition) is 5. The van der Waals surface area contributed by atoms with Crippen LogP contribution in [0.25, 0.3) is 0 Å². The second kappa shape index (κ2) is 8.39. The van der Waals surface area contributed by atoms with Crippen LogP contribution < -0.4 is 15.4 Å². The molecule has 0 radical (unpaired) electrons. The Kier molecular flexibility index (Phi) is 5.99. The summed E-state index contributed by atoms with van der Waals surface area (Å²) >= 11 is 0. The molecule has 3 N–H and O–H groups in total. The summed E-state index contributed by atoms with van der Waals surface area (Å²) < 4.78 is 11.0. The number of hydrogen-bond donors (Lipinski definition) is 3. The van der Waals surface area contributed by atoms with Crippen molar-refractivity contribution in [2.24, 2.45) is 17.8 Å². The van der Waals surface area contributed by atoms with Crippen molar-refractivity contribution in [1.29, 1.82) is 0 Å². The number of anilines is 1. The fourth-order valence-corrected chi connectivity index (χ4v) is 5.97. The topological polar surface area (TPSA) is 79.8 Å². The van der Waals surface area contributed by atoms with E-state index in [-0.39, 0.29) is 12.1 Å². The lowest BCUT2D eigenvalue weighted by molar-refractivity contribution is -0.0266. The lowest BCUT2D eigenvalue weighted by Gasteiger charge is -2.57. The Labute approximate surface area is 179 Å². The molecule has 166 valence electrons. The molecule has 0 aromatic heterocycles. The van der Waals surface area contributed by atoms with E-state index in [0.717, 1.165) is 17.8 Å². The highest BCUT2D eigenvalue weighted by molar-refractivity contribution is 5.84. The number of rotatable bonds is 7. The molecule has 1 unspecified atom stereocenters. The van der Waals surface area contributed by atoms with E-state index in [2.05, 4.69) is 10.6 Å². The summed E-state index contributed by atoms with van der Waals surface area (Å²) in [7, 11) is 0. The molecule has 4 aliphatic carbocycles. The minimum atomic E-state index is -0.544. The third-order valence-electron chi connectivity index (χ3n) is 6.69. The molecule has 6 nitrogen and oxygen atoms in total. The molecule has 1 atom stereocenters. The van der Waals surface area contributed by atoms with Crippen LogP contribution in [-0.2, 0) is 4.74 Å². The van der Waals surface area contributed by atoms with Gasteiger partial charge in [0.15, 0.2) is 0 Å². The number of β-amino-alcohol motifs (C(OH)–C–C–N with tert-alkyl or cyclic N) is 1. The zero-order chi connectivity index (χ0) is 21.4. The molecule has 0 saturated heterocycles. The Balaban J connectivity index is 1.20. The van der Waals surface area contributed by atoms with Crippen molar-refractivity contribution in [3.63, 3.8) is 0 Å². The molecule has 5 rings (SSSR count). The fourth-order valence-electron chi connectivity index (χ4n) is 5.97. The predicted octanol–water partition coefficient (Wildman–Crippen LogP) is 4.33. The molecule has 6 heteroatoms. The second-order valence-corrected chi connectivity index (χ2v) is 10.7. The number of ether oxygens (including phenoxy) is 2. The van der Waals surface area contributed by atoms with Gasteiger partial charge in [-0.1, -0.05) is 0 Å². The Morgan fingerprint density at radius 3 is 2.20 bits per heavy atom. The quantitative estimate of drug-likeness (QED) is 0.616. The molecule has 4 saturated carbocycles. The van der Waals surface area contributed by atoms with Crippen molar-refractivity contribution in [2.75, 3.05) is 18.5 Å². The van der Waals surface area contributed by atoms with E-state index in [1.165, 1.54) is 38.5 Å². The zero-order valence-corrected chi connectivity index (χ0v) is 18.4. The van der Waals surface area contributed by atoms with Crippen molar-refractivity contribution in [3.8, 4) is 5.75 Å². The van der Waals surface area contributed by atoms with Crippen molar-refractivity contribution in [1.82, 2.24) is 5.32 Å². The van der Waals surface area contributed by atoms with Gasteiger partial charge in [0.1, 0.15) is 24.1 Å². The molecule has 0 spiro atoms. The number of amides is 1. The highest BCUT2D eigenvalue weighted by atomic mass is 16.6. The van der Waals surface area contributed by atoms with Crippen LogP contribution in [0.4, 0.5) is 10.5 Å². The highest BCUT2D eigenvalue weighted by Gasteiger charge is 2.50. The Bertz CT molecular complexity index is 705. The molecule has 4 aliphatic rings. The summed E-state index contributed by atoms with van der Waals surface area (Å²) in [5, 5.41) is 16.9. The van der Waals surface area contributed by atoms with Crippen LogP contribution in [0, 0.1) is 17.8 Å². The van der Waals surface area contributed by atoms with E-state index in [0.29, 0.717) is 18.0 Å². The van der Waals surface area contributed by atoms with Gasteiger partial charge in [-0.05, 0) is 101 Å². The van der Waals surface area contributed by atoms with Crippen molar-refractivity contribution < 1.29 is 19.4 Å². The monoisotopic (exact) mass is 416 g/mol. The summed E-state index contributed by atoms with van der Waals surface area (Å²) in [4.78, 5) is 11.8. The second-order valence-electron chi connectivity index (χ2n) is 10.7. The summed E-state index contributed by atoms with van der Waals surface area (Å²) in [6, 6.07) is 7.09. The van der Waals surface area contributed by atoms with E-state index in [1.807, 2.05) is 20.8 Å². The molecule has 0 heterocycles. The Morgan fingerprint density at radius 1 is 1.10 bits per heavy atom. The summed E-state index contributed by atoms with van der Waals surface area (Å²) in [5.41, 5.74) is 0.360. The molecular formula is C24H36N2O4. The standard InChI is InChI=1S/C24H36N2O4/c1-23(2,3)30-22(28)26-19-4-6-21(7-5-19)29-15-20(27)14-25-24-11-16-8-17(12-24)10-18(9-16)13-24/h4-7,16-18,20,25,27H,8-15H2,1-3H3,(H,26,28). The Hall–Kier alpha value is -1.79. The van der Waals surface area contributed by atoms with E-state index in [4.69, 9.17) is 9.47 Å². The van der Waals surface area contributed by atoms with Crippen molar-refractivity contribution in [2.45, 2.75) is 76.5 Å². The van der Waals surface area contributed by atoms with E-state index in [9.17, 15) is 9.90 Å². The van der Waals surface area contributed by atoms with Gasteiger partial charge in [0.25, 0.3) is 0 Å². The van der Waals surface area contributed by atoms with Gasteiger partial charge in [0.2, 0.25) is 0 Å². The normalized spacial score (nSPS) is 30.7. The zero-order valence-electron chi connectivity index (χ0n) is 18.4. The van der Waals surface area contributed by atoms with Crippen LogP contribution in [0.5, 0.6) is 5.75 Å². The average Bonchev–Trinajstić information content (AvgIpc) is 2.63. The van der Waals surface area contributed by atoms with Crippen molar-refractivity contribution in [3.05, 3.63) is 24.3 Å². The first-order valence-electron chi connectivity index (χ1n) is 11.3. The number of aliphatic hydroxyl groups excluding tert-OH is 1. The Morgan fingerprint density at radius 2 is 1.67 bits per heavy atom. The molecule has 1 amide bonds. The lowest BCUT2D eigenvalue weighted by Crippen LogP contribution is -2.59. The highest BCUT2D eigenvalue weighted by Crippen LogP contribution is 2.55.